The van der Waals surface area contributed by atoms with Gasteiger partial charge in [0.1, 0.15) is 5.82 Å². The molecule has 4 nitrogen and oxygen atoms in total. The number of hydrogen-bond acceptors (Lipinski definition) is 3. The Morgan fingerprint density at radius 3 is 2.35 bits per heavy atom. The molecule has 6 heteroatoms. The number of benzene rings is 1. The second-order valence-corrected chi connectivity index (χ2v) is 6.83. The van der Waals surface area contributed by atoms with Crippen LogP contribution in [0.5, 0.6) is 0 Å². The van der Waals surface area contributed by atoms with E-state index in [1.807, 2.05) is 13.8 Å². The molecule has 0 saturated heterocycles. The van der Waals surface area contributed by atoms with Crippen LogP contribution in [0.1, 0.15) is 32.3 Å². The third kappa shape index (κ3) is 3.77. The minimum absolute atomic E-state index is 0.0675. The van der Waals surface area contributed by atoms with Gasteiger partial charge in [-0.1, -0.05) is 13.8 Å². The summed E-state index contributed by atoms with van der Waals surface area (Å²) < 4.78 is 40.0. The van der Waals surface area contributed by atoms with E-state index >= 15 is 0 Å². The minimum Gasteiger partial charge on any atom is -0.396 e. The molecule has 0 amide bonds. The van der Waals surface area contributed by atoms with Crippen molar-refractivity contribution >= 4 is 10.0 Å². The Kier molecular flexibility index (Phi) is 5.68. The van der Waals surface area contributed by atoms with Crippen molar-refractivity contribution in [2.24, 2.45) is 5.41 Å². The number of aliphatic hydroxyl groups excluding tert-OH is 1. The van der Waals surface area contributed by atoms with Crippen molar-refractivity contribution in [1.82, 2.24) is 4.72 Å². The molecule has 0 heterocycles. The van der Waals surface area contributed by atoms with Gasteiger partial charge in [-0.3, -0.25) is 0 Å². The normalized spacial score (nSPS) is 12.7. The zero-order chi connectivity index (χ0) is 15.4. The molecule has 0 aliphatic heterocycles. The summed E-state index contributed by atoms with van der Waals surface area (Å²) in [5.41, 5.74) is -0.0961. The van der Waals surface area contributed by atoms with Gasteiger partial charge in [0.2, 0.25) is 10.0 Å². The van der Waals surface area contributed by atoms with Crippen LogP contribution in [-0.4, -0.2) is 26.7 Å². The molecular weight excluding hydrogens is 281 g/mol. The largest absolute Gasteiger partial charge is 0.396 e. The summed E-state index contributed by atoms with van der Waals surface area (Å²) in [7, 11) is -3.70. The lowest BCUT2D eigenvalue weighted by Gasteiger charge is -2.29. The van der Waals surface area contributed by atoms with Crippen molar-refractivity contribution in [2.45, 2.75) is 38.5 Å². The number of rotatable bonds is 7. The summed E-state index contributed by atoms with van der Waals surface area (Å²) in [5.74, 6) is -0.465. The fraction of sp³-hybridized carbons (Fsp3) is 0.571. The van der Waals surface area contributed by atoms with E-state index in [4.69, 9.17) is 0 Å². The van der Waals surface area contributed by atoms with Gasteiger partial charge in [0.05, 0.1) is 4.90 Å². The fourth-order valence-electron chi connectivity index (χ4n) is 2.02. The lowest BCUT2D eigenvalue weighted by molar-refractivity contribution is 0.119. The summed E-state index contributed by atoms with van der Waals surface area (Å²) in [6, 6.07) is 3.57. The predicted molar refractivity (Wildman–Crippen MR) is 76.4 cm³/mol. The Hall–Kier alpha value is -0.980. The molecule has 0 aliphatic rings. The molecule has 0 fully saturated rings. The Morgan fingerprint density at radius 1 is 1.30 bits per heavy atom. The molecular formula is C14H22FNO3S. The highest BCUT2D eigenvalue weighted by molar-refractivity contribution is 7.89. The van der Waals surface area contributed by atoms with Gasteiger partial charge in [0.15, 0.2) is 0 Å². The average molecular weight is 303 g/mol. The van der Waals surface area contributed by atoms with E-state index in [0.717, 1.165) is 6.07 Å². The van der Waals surface area contributed by atoms with E-state index in [9.17, 15) is 17.9 Å². The molecule has 20 heavy (non-hydrogen) atoms. The lowest BCUT2D eigenvalue weighted by atomic mass is 9.84. The van der Waals surface area contributed by atoms with Gasteiger partial charge in [-0.2, -0.15) is 0 Å². The lowest BCUT2D eigenvalue weighted by Crippen LogP contribution is -2.39. The zero-order valence-electron chi connectivity index (χ0n) is 12.1. The highest BCUT2D eigenvalue weighted by atomic mass is 32.2. The first-order chi connectivity index (χ1) is 9.30. The maximum Gasteiger partial charge on any atom is 0.240 e. The third-order valence-corrected chi connectivity index (χ3v) is 5.46. The quantitative estimate of drug-likeness (QED) is 0.811. The number of aliphatic hydroxyl groups is 1. The molecule has 0 atom stereocenters. The number of sulfonamides is 1. The van der Waals surface area contributed by atoms with Gasteiger partial charge < -0.3 is 5.11 Å². The number of hydrogen-bond donors (Lipinski definition) is 2. The summed E-state index contributed by atoms with van der Waals surface area (Å²) in [4.78, 5) is 0.0675. The molecule has 0 bridgehead atoms. The average Bonchev–Trinajstić information content (AvgIpc) is 2.40. The van der Waals surface area contributed by atoms with E-state index in [1.54, 1.807) is 6.92 Å². The molecule has 0 aliphatic carbocycles. The van der Waals surface area contributed by atoms with Crippen LogP contribution in [0.25, 0.3) is 0 Å². The highest BCUT2D eigenvalue weighted by Gasteiger charge is 2.28. The molecule has 0 aromatic heterocycles. The van der Waals surface area contributed by atoms with Crippen LogP contribution in [-0.2, 0) is 10.0 Å². The first kappa shape index (κ1) is 17.1. The molecule has 0 unspecified atom stereocenters. The Labute approximate surface area is 120 Å². The SMILES string of the molecule is CCC(CC)(CO)CNS(=O)(=O)c1ccc(F)cc1C. The van der Waals surface area contributed by atoms with E-state index < -0.39 is 21.3 Å². The van der Waals surface area contributed by atoms with E-state index in [0.29, 0.717) is 18.4 Å². The Bertz CT molecular complexity index is 545. The van der Waals surface area contributed by atoms with Crippen LogP contribution in [0.3, 0.4) is 0 Å². The molecule has 1 aromatic rings. The molecule has 2 N–H and O–H groups in total. The number of nitrogens with one attached hydrogen (secondary N) is 1. The number of halogens is 1. The van der Waals surface area contributed by atoms with Crippen LogP contribution in [0.15, 0.2) is 23.1 Å². The van der Waals surface area contributed by atoms with Gasteiger partial charge in [0, 0.05) is 18.6 Å². The van der Waals surface area contributed by atoms with Crippen LogP contribution in [0.2, 0.25) is 0 Å². The van der Waals surface area contributed by atoms with Crippen molar-refractivity contribution in [1.29, 1.82) is 0 Å². The smallest absolute Gasteiger partial charge is 0.240 e. The first-order valence-electron chi connectivity index (χ1n) is 6.67. The van der Waals surface area contributed by atoms with E-state index in [1.165, 1.54) is 12.1 Å². The Balaban J connectivity index is 2.96. The summed E-state index contributed by atoms with van der Waals surface area (Å²) in [6.07, 6.45) is 1.34. The van der Waals surface area contributed by atoms with Gasteiger partial charge in [0.25, 0.3) is 0 Å². The van der Waals surface area contributed by atoms with Gasteiger partial charge in [-0.15, -0.1) is 0 Å². The third-order valence-electron chi connectivity index (χ3n) is 3.90. The predicted octanol–water partition coefficient (Wildman–Crippen LogP) is 2.21. The van der Waals surface area contributed by atoms with Gasteiger partial charge in [-0.25, -0.2) is 17.5 Å². The Morgan fingerprint density at radius 2 is 1.90 bits per heavy atom. The monoisotopic (exact) mass is 303 g/mol. The summed E-state index contributed by atoms with van der Waals surface area (Å²) in [6.45, 7) is 5.46. The van der Waals surface area contributed by atoms with Gasteiger partial charge in [-0.05, 0) is 43.5 Å². The van der Waals surface area contributed by atoms with Crippen molar-refractivity contribution < 1.29 is 17.9 Å². The molecule has 1 aromatic carbocycles. The maximum absolute atomic E-state index is 13.0. The van der Waals surface area contributed by atoms with Crippen molar-refractivity contribution in [3.8, 4) is 0 Å². The van der Waals surface area contributed by atoms with Crippen molar-refractivity contribution in [3.05, 3.63) is 29.6 Å². The first-order valence-corrected chi connectivity index (χ1v) is 8.15. The molecule has 1 rings (SSSR count). The van der Waals surface area contributed by atoms with Crippen LogP contribution >= 0.6 is 0 Å². The van der Waals surface area contributed by atoms with E-state index in [2.05, 4.69) is 4.72 Å². The van der Waals surface area contributed by atoms with Gasteiger partial charge >= 0.3 is 0 Å². The second-order valence-electron chi connectivity index (χ2n) is 5.10. The fourth-order valence-corrected chi connectivity index (χ4v) is 3.40. The molecule has 114 valence electrons. The van der Waals surface area contributed by atoms with Crippen molar-refractivity contribution in [2.75, 3.05) is 13.2 Å². The van der Waals surface area contributed by atoms with Crippen LogP contribution in [0, 0.1) is 18.2 Å². The van der Waals surface area contributed by atoms with Crippen LogP contribution in [0.4, 0.5) is 4.39 Å². The zero-order valence-corrected chi connectivity index (χ0v) is 12.9. The van der Waals surface area contributed by atoms with E-state index in [-0.39, 0.29) is 18.0 Å². The number of aryl methyl sites for hydroxylation is 1. The van der Waals surface area contributed by atoms with Crippen molar-refractivity contribution in [3.63, 3.8) is 0 Å². The second kappa shape index (κ2) is 6.65. The molecule has 0 radical (unpaired) electrons. The minimum atomic E-state index is -3.70. The highest BCUT2D eigenvalue weighted by Crippen LogP contribution is 2.25. The summed E-state index contributed by atoms with van der Waals surface area (Å²) in [5, 5.41) is 9.45. The maximum atomic E-state index is 13.0. The molecule has 0 spiro atoms. The standard InChI is InChI=1S/C14H22FNO3S/c1-4-14(5-2,10-17)9-16-20(18,19)13-7-6-12(15)8-11(13)3/h6-8,16-17H,4-5,9-10H2,1-3H3. The van der Waals surface area contributed by atoms with Crippen LogP contribution < -0.4 is 4.72 Å². The topological polar surface area (TPSA) is 66.4 Å². The molecule has 0 saturated carbocycles. The summed E-state index contributed by atoms with van der Waals surface area (Å²) >= 11 is 0.